The second-order valence-corrected chi connectivity index (χ2v) is 5.84. The molecule has 5 heteroatoms. The number of nitrogens with zero attached hydrogens (tertiary/aromatic N) is 3. The molecule has 1 aromatic heterocycles. The fraction of sp³-hybridized carbons (Fsp3) is 0.471. The molecule has 0 radical (unpaired) electrons. The molecule has 22 heavy (non-hydrogen) atoms. The van der Waals surface area contributed by atoms with E-state index in [9.17, 15) is 5.11 Å². The number of benzene rings is 1. The van der Waals surface area contributed by atoms with Crippen molar-refractivity contribution in [3.05, 3.63) is 47.8 Å². The van der Waals surface area contributed by atoms with E-state index in [1.54, 1.807) is 4.68 Å². The molecule has 0 bridgehead atoms. The summed E-state index contributed by atoms with van der Waals surface area (Å²) in [6, 6.07) is 8.03. The molecule has 1 heterocycles. The molecule has 0 amide bonds. The van der Waals surface area contributed by atoms with Crippen molar-refractivity contribution in [3.8, 4) is 5.75 Å². The number of aliphatic hydroxyl groups excluding tert-OH is 1. The van der Waals surface area contributed by atoms with Crippen molar-refractivity contribution in [3.63, 3.8) is 0 Å². The van der Waals surface area contributed by atoms with Crippen LogP contribution in [0.3, 0.4) is 0 Å². The van der Waals surface area contributed by atoms with Gasteiger partial charge in [0.25, 0.3) is 0 Å². The highest BCUT2D eigenvalue weighted by molar-refractivity contribution is 5.26. The predicted octanol–water partition coefficient (Wildman–Crippen LogP) is 2.16. The van der Waals surface area contributed by atoms with Crippen LogP contribution in [0.25, 0.3) is 0 Å². The third-order valence-electron chi connectivity index (χ3n) is 3.83. The van der Waals surface area contributed by atoms with E-state index in [0.717, 1.165) is 11.3 Å². The number of aryl methyl sites for hydroxylation is 2. The molecule has 1 aromatic carbocycles. The van der Waals surface area contributed by atoms with Crippen molar-refractivity contribution in [1.29, 1.82) is 0 Å². The fourth-order valence-electron chi connectivity index (χ4n) is 2.28. The molecule has 2 rings (SSSR count). The van der Waals surface area contributed by atoms with E-state index in [1.165, 1.54) is 5.56 Å². The average Bonchev–Trinajstić information content (AvgIpc) is 2.92. The molecule has 0 fully saturated rings. The zero-order valence-corrected chi connectivity index (χ0v) is 13.7. The Morgan fingerprint density at radius 1 is 1.32 bits per heavy atom. The first-order chi connectivity index (χ1) is 10.5. The monoisotopic (exact) mass is 303 g/mol. The van der Waals surface area contributed by atoms with Crippen molar-refractivity contribution in [2.75, 3.05) is 20.2 Å². The quantitative estimate of drug-likeness (QED) is 0.851. The number of likely N-dealkylation sites (N-methyl/N-ethyl adjacent to an activating group) is 1. The standard InChI is InChI=1S/C17H25N3O2/c1-13-5-7-17(8-6-13)22-12-16(21)11-19(3)14(2)15-9-18-20(4)10-15/h5-10,14,16,21H,11-12H2,1-4H3. The van der Waals surface area contributed by atoms with Crippen molar-refractivity contribution in [2.24, 2.45) is 7.05 Å². The Bertz CT molecular complexity index is 580. The van der Waals surface area contributed by atoms with Crippen LogP contribution in [0.4, 0.5) is 0 Å². The van der Waals surface area contributed by atoms with Crippen LogP contribution in [0.2, 0.25) is 0 Å². The molecular weight excluding hydrogens is 278 g/mol. The summed E-state index contributed by atoms with van der Waals surface area (Å²) >= 11 is 0. The Morgan fingerprint density at radius 2 is 2.00 bits per heavy atom. The molecule has 0 spiro atoms. The second kappa shape index (κ2) is 7.42. The summed E-state index contributed by atoms with van der Waals surface area (Å²) in [6.07, 6.45) is 3.32. The van der Waals surface area contributed by atoms with Gasteiger partial charge in [0.05, 0.1) is 6.20 Å². The van der Waals surface area contributed by atoms with Gasteiger partial charge in [-0.3, -0.25) is 9.58 Å². The van der Waals surface area contributed by atoms with E-state index in [2.05, 4.69) is 16.9 Å². The molecule has 0 saturated heterocycles. The van der Waals surface area contributed by atoms with Gasteiger partial charge in [-0.1, -0.05) is 17.7 Å². The maximum atomic E-state index is 10.1. The summed E-state index contributed by atoms with van der Waals surface area (Å²) < 4.78 is 7.41. The largest absolute Gasteiger partial charge is 0.491 e. The van der Waals surface area contributed by atoms with Crippen LogP contribution >= 0.6 is 0 Å². The molecule has 2 atom stereocenters. The van der Waals surface area contributed by atoms with Gasteiger partial charge in [0.15, 0.2) is 0 Å². The Hall–Kier alpha value is -1.85. The molecule has 2 aromatic rings. The smallest absolute Gasteiger partial charge is 0.119 e. The SMILES string of the molecule is Cc1ccc(OCC(O)CN(C)C(C)c2cnn(C)c2)cc1. The lowest BCUT2D eigenvalue weighted by molar-refractivity contribution is 0.0654. The zero-order chi connectivity index (χ0) is 16.1. The Kier molecular flexibility index (Phi) is 5.57. The fourth-order valence-corrected chi connectivity index (χ4v) is 2.28. The highest BCUT2D eigenvalue weighted by Gasteiger charge is 2.17. The van der Waals surface area contributed by atoms with E-state index < -0.39 is 6.10 Å². The lowest BCUT2D eigenvalue weighted by Gasteiger charge is -2.26. The number of aliphatic hydroxyl groups is 1. The van der Waals surface area contributed by atoms with Crippen molar-refractivity contribution in [1.82, 2.24) is 14.7 Å². The molecule has 0 aliphatic carbocycles. The van der Waals surface area contributed by atoms with E-state index in [0.29, 0.717) is 6.54 Å². The van der Waals surface area contributed by atoms with Crippen LogP contribution in [-0.4, -0.2) is 46.1 Å². The lowest BCUT2D eigenvalue weighted by Crippen LogP contribution is -2.34. The predicted molar refractivity (Wildman–Crippen MR) is 86.9 cm³/mol. The molecule has 2 unspecified atom stereocenters. The lowest BCUT2D eigenvalue weighted by atomic mass is 10.1. The number of aromatic nitrogens is 2. The van der Waals surface area contributed by atoms with Gasteiger partial charge in [-0.05, 0) is 33.0 Å². The maximum absolute atomic E-state index is 10.1. The van der Waals surface area contributed by atoms with Crippen molar-refractivity contribution < 1.29 is 9.84 Å². The van der Waals surface area contributed by atoms with Gasteiger partial charge in [0, 0.05) is 31.4 Å². The Labute approximate surface area is 132 Å². The van der Waals surface area contributed by atoms with Crippen LogP contribution in [0.5, 0.6) is 5.75 Å². The van der Waals surface area contributed by atoms with Gasteiger partial charge >= 0.3 is 0 Å². The summed E-state index contributed by atoms with van der Waals surface area (Å²) in [5.41, 5.74) is 2.33. The molecular formula is C17H25N3O2. The summed E-state index contributed by atoms with van der Waals surface area (Å²) in [5.74, 6) is 0.785. The molecule has 5 nitrogen and oxygen atoms in total. The number of hydrogen-bond acceptors (Lipinski definition) is 4. The van der Waals surface area contributed by atoms with Crippen LogP contribution in [-0.2, 0) is 7.05 Å². The van der Waals surface area contributed by atoms with Gasteiger partial charge < -0.3 is 9.84 Å². The molecule has 0 aliphatic rings. The minimum Gasteiger partial charge on any atom is -0.491 e. The minimum atomic E-state index is -0.537. The summed E-state index contributed by atoms with van der Waals surface area (Å²) in [6.45, 7) is 4.97. The molecule has 1 N–H and O–H groups in total. The first kappa shape index (κ1) is 16.5. The van der Waals surface area contributed by atoms with Crippen LogP contribution in [0, 0.1) is 6.92 Å². The minimum absolute atomic E-state index is 0.197. The Morgan fingerprint density at radius 3 is 2.59 bits per heavy atom. The number of rotatable bonds is 7. The number of ether oxygens (including phenoxy) is 1. The Balaban J connectivity index is 1.80. The zero-order valence-electron chi connectivity index (χ0n) is 13.7. The number of hydrogen-bond donors (Lipinski definition) is 1. The topological polar surface area (TPSA) is 50.5 Å². The van der Waals surface area contributed by atoms with E-state index in [-0.39, 0.29) is 12.6 Å². The van der Waals surface area contributed by atoms with Crippen LogP contribution < -0.4 is 4.74 Å². The highest BCUT2D eigenvalue weighted by atomic mass is 16.5. The van der Waals surface area contributed by atoms with Gasteiger partial charge in [0.1, 0.15) is 18.5 Å². The van der Waals surface area contributed by atoms with Gasteiger partial charge in [0.2, 0.25) is 0 Å². The van der Waals surface area contributed by atoms with Crippen LogP contribution in [0.1, 0.15) is 24.1 Å². The first-order valence-corrected chi connectivity index (χ1v) is 7.52. The highest BCUT2D eigenvalue weighted by Crippen LogP contribution is 2.18. The van der Waals surface area contributed by atoms with Crippen molar-refractivity contribution >= 4 is 0 Å². The third-order valence-corrected chi connectivity index (χ3v) is 3.83. The summed E-state index contributed by atoms with van der Waals surface area (Å²) in [4.78, 5) is 2.10. The van der Waals surface area contributed by atoms with Gasteiger partial charge in [-0.15, -0.1) is 0 Å². The van der Waals surface area contributed by atoms with E-state index >= 15 is 0 Å². The first-order valence-electron chi connectivity index (χ1n) is 7.52. The van der Waals surface area contributed by atoms with E-state index in [4.69, 9.17) is 4.74 Å². The average molecular weight is 303 g/mol. The summed E-state index contributed by atoms with van der Waals surface area (Å²) in [7, 11) is 3.90. The molecule has 0 saturated carbocycles. The van der Waals surface area contributed by atoms with E-state index in [1.807, 2.05) is 57.7 Å². The summed E-state index contributed by atoms with van der Waals surface area (Å²) in [5, 5.41) is 14.3. The maximum Gasteiger partial charge on any atom is 0.119 e. The van der Waals surface area contributed by atoms with Gasteiger partial charge in [-0.25, -0.2) is 0 Å². The normalized spacial score (nSPS) is 14.1. The third kappa shape index (κ3) is 4.58. The van der Waals surface area contributed by atoms with Crippen molar-refractivity contribution in [2.45, 2.75) is 26.0 Å². The molecule has 120 valence electrons. The van der Waals surface area contributed by atoms with Gasteiger partial charge in [-0.2, -0.15) is 5.10 Å². The second-order valence-electron chi connectivity index (χ2n) is 5.84. The van der Waals surface area contributed by atoms with Crippen LogP contribution in [0.15, 0.2) is 36.7 Å². The molecule has 0 aliphatic heterocycles.